The highest BCUT2D eigenvalue weighted by Gasteiger charge is 2.03. The van der Waals surface area contributed by atoms with Crippen LogP contribution in [0.15, 0.2) is 18.2 Å². The highest BCUT2D eigenvalue weighted by molar-refractivity contribution is 5.47. The Bertz CT molecular complexity index is 328. The Morgan fingerprint density at radius 1 is 1.06 bits per heavy atom. The van der Waals surface area contributed by atoms with Crippen molar-refractivity contribution in [2.75, 3.05) is 25.4 Å². The quantitative estimate of drug-likeness (QED) is 0.734. The maximum Gasteiger partial charge on any atom is 0.0343 e. The third-order valence-electron chi connectivity index (χ3n) is 3.13. The lowest BCUT2D eigenvalue weighted by atomic mass is 10.1. The molecule has 1 aromatic carbocycles. The first-order chi connectivity index (χ1) is 8.17. The summed E-state index contributed by atoms with van der Waals surface area (Å²) in [6.45, 7) is 10.1. The lowest BCUT2D eigenvalue weighted by Crippen LogP contribution is -2.27. The number of benzene rings is 1. The monoisotopic (exact) mass is 234 g/mol. The van der Waals surface area contributed by atoms with Crippen LogP contribution in [0.3, 0.4) is 0 Å². The molecule has 0 radical (unpaired) electrons. The molecule has 0 bridgehead atoms. The van der Waals surface area contributed by atoms with E-state index in [1.165, 1.54) is 37.1 Å². The zero-order chi connectivity index (χ0) is 12.7. The smallest absolute Gasteiger partial charge is 0.0343 e. The molecule has 0 fully saturated rings. The fourth-order valence-corrected chi connectivity index (χ4v) is 2.15. The van der Waals surface area contributed by atoms with E-state index >= 15 is 0 Å². The maximum absolute atomic E-state index is 5.83. The summed E-state index contributed by atoms with van der Waals surface area (Å²) in [5.41, 5.74) is 9.32. The summed E-state index contributed by atoms with van der Waals surface area (Å²) in [4.78, 5) is 2.55. The molecule has 2 nitrogen and oxygen atoms in total. The van der Waals surface area contributed by atoms with Crippen molar-refractivity contribution in [3.8, 4) is 0 Å². The second-order valence-electron chi connectivity index (χ2n) is 4.78. The Morgan fingerprint density at radius 2 is 1.71 bits per heavy atom. The number of hydrogen-bond acceptors (Lipinski definition) is 2. The molecule has 0 spiro atoms. The van der Waals surface area contributed by atoms with Gasteiger partial charge in [-0.1, -0.05) is 26.0 Å². The Kier molecular flexibility index (Phi) is 6.06. The van der Waals surface area contributed by atoms with Crippen molar-refractivity contribution in [2.24, 2.45) is 0 Å². The lowest BCUT2D eigenvalue weighted by Gasteiger charge is -2.20. The summed E-state index contributed by atoms with van der Waals surface area (Å²) >= 11 is 0. The number of anilines is 1. The molecule has 0 aromatic heterocycles. The molecular weight excluding hydrogens is 208 g/mol. The summed E-state index contributed by atoms with van der Waals surface area (Å²) in [6, 6.07) is 6.39. The van der Waals surface area contributed by atoms with Gasteiger partial charge in [-0.15, -0.1) is 0 Å². The number of nitrogens with two attached hydrogens (primary N) is 1. The highest BCUT2D eigenvalue weighted by atomic mass is 15.1. The minimum atomic E-state index is 0.896. The van der Waals surface area contributed by atoms with Gasteiger partial charge in [0.25, 0.3) is 0 Å². The summed E-state index contributed by atoms with van der Waals surface area (Å²) in [6.07, 6.45) is 3.60. The third-order valence-corrected chi connectivity index (χ3v) is 3.13. The number of hydrogen-bond donors (Lipinski definition) is 1. The van der Waals surface area contributed by atoms with E-state index in [1.807, 2.05) is 6.07 Å². The molecule has 17 heavy (non-hydrogen) atoms. The van der Waals surface area contributed by atoms with Gasteiger partial charge in [-0.25, -0.2) is 0 Å². The average molecular weight is 234 g/mol. The van der Waals surface area contributed by atoms with Crippen LogP contribution in [-0.4, -0.2) is 24.5 Å². The third kappa shape index (κ3) is 4.78. The zero-order valence-electron chi connectivity index (χ0n) is 11.5. The van der Waals surface area contributed by atoms with Gasteiger partial charge in [0.2, 0.25) is 0 Å². The van der Waals surface area contributed by atoms with E-state index in [1.54, 1.807) is 0 Å². The van der Waals surface area contributed by atoms with Gasteiger partial charge in [-0.05, 0) is 56.5 Å². The Hall–Kier alpha value is -1.02. The topological polar surface area (TPSA) is 29.3 Å². The van der Waals surface area contributed by atoms with Crippen molar-refractivity contribution in [3.05, 3.63) is 29.3 Å². The van der Waals surface area contributed by atoms with E-state index in [-0.39, 0.29) is 0 Å². The molecule has 0 aliphatic carbocycles. The second-order valence-corrected chi connectivity index (χ2v) is 4.78. The molecule has 0 aliphatic rings. The van der Waals surface area contributed by atoms with Gasteiger partial charge >= 0.3 is 0 Å². The van der Waals surface area contributed by atoms with E-state index < -0.39 is 0 Å². The molecule has 2 heteroatoms. The van der Waals surface area contributed by atoms with E-state index in [4.69, 9.17) is 5.73 Å². The SMILES string of the molecule is CCCN(CCC)CCc1ccc(N)c(C)c1. The van der Waals surface area contributed by atoms with E-state index in [9.17, 15) is 0 Å². The van der Waals surface area contributed by atoms with Gasteiger partial charge < -0.3 is 10.6 Å². The number of rotatable bonds is 7. The minimum absolute atomic E-state index is 0.896. The predicted molar refractivity (Wildman–Crippen MR) is 76.3 cm³/mol. The van der Waals surface area contributed by atoms with Crippen LogP contribution in [0, 0.1) is 6.92 Å². The summed E-state index contributed by atoms with van der Waals surface area (Å²) < 4.78 is 0. The molecule has 0 amide bonds. The van der Waals surface area contributed by atoms with Crippen molar-refractivity contribution < 1.29 is 0 Å². The van der Waals surface area contributed by atoms with Gasteiger partial charge in [0.15, 0.2) is 0 Å². The number of nitrogens with zero attached hydrogens (tertiary/aromatic N) is 1. The molecule has 0 atom stereocenters. The summed E-state index contributed by atoms with van der Waals surface area (Å²) in [5, 5.41) is 0. The van der Waals surface area contributed by atoms with Crippen molar-refractivity contribution >= 4 is 5.69 Å². The molecular formula is C15H26N2. The van der Waals surface area contributed by atoms with Crippen LogP contribution in [0.25, 0.3) is 0 Å². The average Bonchev–Trinajstić information content (AvgIpc) is 2.31. The first-order valence-electron chi connectivity index (χ1n) is 6.74. The normalized spacial score (nSPS) is 11.1. The fourth-order valence-electron chi connectivity index (χ4n) is 2.15. The lowest BCUT2D eigenvalue weighted by molar-refractivity contribution is 0.278. The van der Waals surface area contributed by atoms with Crippen molar-refractivity contribution in [3.63, 3.8) is 0 Å². The standard InChI is InChI=1S/C15H26N2/c1-4-9-17(10-5-2)11-8-14-6-7-15(16)13(3)12-14/h6-7,12H,4-5,8-11,16H2,1-3H3. The second kappa shape index (κ2) is 7.33. The van der Waals surface area contributed by atoms with Crippen LogP contribution in [0.2, 0.25) is 0 Å². The van der Waals surface area contributed by atoms with Crippen LogP contribution in [0.1, 0.15) is 37.8 Å². The Labute approximate surface area is 106 Å². The molecule has 96 valence electrons. The highest BCUT2D eigenvalue weighted by Crippen LogP contribution is 2.13. The van der Waals surface area contributed by atoms with Gasteiger partial charge in [0, 0.05) is 12.2 Å². The van der Waals surface area contributed by atoms with Crippen LogP contribution in [0.4, 0.5) is 5.69 Å². The number of nitrogen functional groups attached to an aromatic ring is 1. The van der Waals surface area contributed by atoms with Crippen LogP contribution >= 0.6 is 0 Å². The molecule has 0 saturated carbocycles. The molecule has 1 aromatic rings. The van der Waals surface area contributed by atoms with Crippen molar-refractivity contribution in [1.82, 2.24) is 4.90 Å². The summed E-state index contributed by atoms with van der Waals surface area (Å²) in [7, 11) is 0. The molecule has 0 unspecified atom stereocenters. The number of aryl methyl sites for hydroxylation is 1. The Balaban J connectivity index is 2.49. The molecule has 0 aliphatic heterocycles. The summed E-state index contributed by atoms with van der Waals surface area (Å²) in [5.74, 6) is 0. The first-order valence-corrected chi connectivity index (χ1v) is 6.74. The largest absolute Gasteiger partial charge is 0.399 e. The fraction of sp³-hybridized carbons (Fsp3) is 0.600. The van der Waals surface area contributed by atoms with Crippen molar-refractivity contribution in [1.29, 1.82) is 0 Å². The maximum atomic E-state index is 5.83. The van der Waals surface area contributed by atoms with Crippen LogP contribution in [0.5, 0.6) is 0 Å². The van der Waals surface area contributed by atoms with Gasteiger partial charge in [-0.2, -0.15) is 0 Å². The molecule has 2 N–H and O–H groups in total. The minimum Gasteiger partial charge on any atom is -0.399 e. The molecule has 0 saturated heterocycles. The van der Waals surface area contributed by atoms with E-state index in [0.717, 1.165) is 18.7 Å². The molecule has 1 rings (SSSR count). The van der Waals surface area contributed by atoms with Gasteiger partial charge in [0.05, 0.1) is 0 Å². The first kappa shape index (κ1) is 14.0. The van der Waals surface area contributed by atoms with E-state index in [2.05, 4.69) is 37.8 Å². The predicted octanol–water partition coefficient (Wildman–Crippen LogP) is 3.24. The van der Waals surface area contributed by atoms with Crippen LogP contribution in [-0.2, 0) is 6.42 Å². The van der Waals surface area contributed by atoms with Gasteiger partial charge in [0.1, 0.15) is 0 Å². The van der Waals surface area contributed by atoms with E-state index in [0.29, 0.717) is 0 Å². The zero-order valence-corrected chi connectivity index (χ0v) is 11.5. The van der Waals surface area contributed by atoms with Gasteiger partial charge in [-0.3, -0.25) is 0 Å². The Morgan fingerprint density at radius 3 is 2.24 bits per heavy atom. The molecule has 0 heterocycles. The van der Waals surface area contributed by atoms with Crippen molar-refractivity contribution in [2.45, 2.75) is 40.0 Å². The van der Waals surface area contributed by atoms with Crippen LogP contribution < -0.4 is 5.73 Å².